The van der Waals surface area contributed by atoms with Crippen molar-refractivity contribution in [2.45, 2.75) is 13.5 Å². The molecule has 2 rings (SSSR count). The summed E-state index contributed by atoms with van der Waals surface area (Å²) in [4.78, 5) is 10.2. The molecule has 0 aliphatic carbocycles. The van der Waals surface area contributed by atoms with Crippen LogP contribution in [0.2, 0.25) is 0 Å². The molecule has 98 valence electrons. The van der Waals surface area contributed by atoms with E-state index in [0.717, 1.165) is 21.3 Å². The lowest BCUT2D eigenvalue weighted by atomic mass is 10.1. The van der Waals surface area contributed by atoms with Gasteiger partial charge in [-0.3, -0.25) is 10.1 Å². The molecule has 0 unspecified atom stereocenters. The molecular weight excluding hydrogens is 308 g/mol. The van der Waals surface area contributed by atoms with Crippen molar-refractivity contribution >= 4 is 27.3 Å². The molecule has 0 amide bonds. The zero-order valence-corrected chi connectivity index (χ0v) is 12.0. The molecule has 0 saturated heterocycles. The van der Waals surface area contributed by atoms with Crippen LogP contribution in [0.3, 0.4) is 0 Å². The molecule has 0 aliphatic heterocycles. The maximum absolute atomic E-state index is 10.6. The number of rotatable bonds is 4. The van der Waals surface area contributed by atoms with Crippen molar-refractivity contribution in [2.24, 2.45) is 0 Å². The maximum atomic E-state index is 10.6. The third kappa shape index (κ3) is 3.54. The van der Waals surface area contributed by atoms with E-state index in [0.29, 0.717) is 6.54 Å². The second-order valence-corrected chi connectivity index (χ2v) is 5.15. The Balaban J connectivity index is 2.06. The average Bonchev–Trinajstić information content (AvgIpc) is 2.40. The van der Waals surface area contributed by atoms with Gasteiger partial charge in [0.2, 0.25) is 0 Å². The minimum atomic E-state index is -0.393. The highest BCUT2D eigenvalue weighted by Gasteiger charge is 2.04. The van der Waals surface area contributed by atoms with Crippen LogP contribution in [0, 0.1) is 17.0 Å². The predicted octanol–water partition coefficient (Wildman–Crippen LogP) is 4.28. The van der Waals surface area contributed by atoms with Crippen molar-refractivity contribution < 1.29 is 4.92 Å². The molecular formula is C14H13BrN2O2. The van der Waals surface area contributed by atoms with Gasteiger partial charge in [-0.15, -0.1) is 0 Å². The van der Waals surface area contributed by atoms with E-state index < -0.39 is 4.92 Å². The van der Waals surface area contributed by atoms with Gasteiger partial charge in [0.25, 0.3) is 5.69 Å². The fourth-order valence-corrected chi connectivity index (χ4v) is 2.08. The molecule has 0 heterocycles. The summed E-state index contributed by atoms with van der Waals surface area (Å²) in [5, 5.41) is 13.9. The molecule has 19 heavy (non-hydrogen) atoms. The number of nitrogens with zero attached hydrogens (tertiary/aromatic N) is 1. The third-order valence-corrected chi connectivity index (χ3v) is 3.32. The van der Waals surface area contributed by atoms with E-state index in [1.807, 2.05) is 25.1 Å². The minimum absolute atomic E-state index is 0.113. The molecule has 2 aromatic rings. The highest BCUT2D eigenvalue weighted by atomic mass is 79.9. The van der Waals surface area contributed by atoms with Crippen LogP contribution in [0.25, 0.3) is 0 Å². The second kappa shape index (κ2) is 5.84. The van der Waals surface area contributed by atoms with E-state index in [2.05, 4.69) is 21.2 Å². The van der Waals surface area contributed by atoms with Crippen molar-refractivity contribution in [3.8, 4) is 0 Å². The number of nitrogens with one attached hydrogen (secondary N) is 1. The SMILES string of the molecule is Cc1ccc(Br)cc1NCc1ccc([N+](=O)[O-])cc1. The highest BCUT2D eigenvalue weighted by molar-refractivity contribution is 9.10. The smallest absolute Gasteiger partial charge is 0.269 e. The van der Waals surface area contributed by atoms with Crippen LogP contribution in [-0.2, 0) is 6.54 Å². The van der Waals surface area contributed by atoms with Gasteiger partial charge in [-0.25, -0.2) is 0 Å². The van der Waals surface area contributed by atoms with Crippen LogP contribution in [0.15, 0.2) is 46.9 Å². The monoisotopic (exact) mass is 320 g/mol. The Labute approximate surface area is 119 Å². The molecule has 4 nitrogen and oxygen atoms in total. The Kier molecular flexibility index (Phi) is 4.16. The first kappa shape index (κ1) is 13.5. The Bertz CT molecular complexity index is 597. The number of hydrogen-bond acceptors (Lipinski definition) is 3. The Morgan fingerprint density at radius 1 is 1.21 bits per heavy atom. The number of benzene rings is 2. The summed E-state index contributed by atoms with van der Waals surface area (Å²) in [5.41, 5.74) is 3.32. The Hall–Kier alpha value is -1.88. The van der Waals surface area contributed by atoms with Crippen LogP contribution in [0.1, 0.15) is 11.1 Å². The molecule has 0 aromatic heterocycles. The normalized spacial score (nSPS) is 10.2. The highest BCUT2D eigenvalue weighted by Crippen LogP contribution is 2.21. The van der Waals surface area contributed by atoms with Crippen molar-refractivity contribution in [2.75, 3.05) is 5.32 Å². The summed E-state index contributed by atoms with van der Waals surface area (Å²) in [6, 6.07) is 12.6. The standard InChI is InChI=1S/C14H13BrN2O2/c1-10-2-5-12(15)8-14(10)16-9-11-3-6-13(7-4-11)17(18)19/h2-8,16H,9H2,1H3. The van der Waals surface area contributed by atoms with Gasteiger partial charge in [-0.1, -0.05) is 34.1 Å². The maximum Gasteiger partial charge on any atom is 0.269 e. The Morgan fingerprint density at radius 2 is 1.89 bits per heavy atom. The first-order chi connectivity index (χ1) is 9.06. The van der Waals surface area contributed by atoms with Gasteiger partial charge in [0, 0.05) is 28.8 Å². The first-order valence-electron chi connectivity index (χ1n) is 5.79. The first-order valence-corrected chi connectivity index (χ1v) is 6.59. The van der Waals surface area contributed by atoms with E-state index in [9.17, 15) is 10.1 Å². The largest absolute Gasteiger partial charge is 0.381 e. The van der Waals surface area contributed by atoms with E-state index in [-0.39, 0.29) is 5.69 Å². The van der Waals surface area contributed by atoms with Gasteiger partial charge in [-0.05, 0) is 30.2 Å². The third-order valence-electron chi connectivity index (χ3n) is 2.83. The summed E-state index contributed by atoms with van der Waals surface area (Å²) in [7, 11) is 0. The lowest BCUT2D eigenvalue weighted by Gasteiger charge is -2.10. The number of anilines is 1. The summed E-state index contributed by atoms with van der Waals surface area (Å²) in [6.07, 6.45) is 0. The number of non-ortho nitro benzene ring substituents is 1. The van der Waals surface area contributed by atoms with Crippen molar-refractivity contribution in [1.29, 1.82) is 0 Å². The van der Waals surface area contributed by atoms with E-state index in [1.165, 1.54) is 12.1 Å². The summed E-state index contributed by atoms with van der Waals surface area (Å²) in [6.45, 7) is 2.67. The molecule has 0 atom stereocenters. The van der Waals surface area contributed by atoms with Gasteiger partial charge in [0.1, 0.15) is 0 Å². The zero-order chi connectivity index (χ0) is 13.8. The van der Waals surface area contributed by atoms with Crippen LogP contribution in [-0.4, -0.2) is 4.92 Å². The van der Waals surface area contributed by atoms with E-state index in [4.69, 9.17) is 0 Å². The molecule has 5 heteroatoms. The molecule has 0 spiro atoms. The van der Waals surface area contributed by atoms with Crippen molar-refractivity contribution in [1.82, 2.24) is 0 Å². The molecule has 0 fully saturated rings. The van der Waals surface area contributed by atoms with Crippen LogP contribution in [0.4, 0.5) is 11.4 Å². The predicted molar refractivity (Wildman–Crippen MR) is 79.3 cm³/mol. The molecule has 1 N–H and O–H groups in total. The van der Waals surface area contributed by atoms with Gasteiger partial charge in [0.05, 0.1) is 4.92 Å². The Morgan fingerprint density at radius 3 is 2.53 bits per heavy atom. The fourth-order valence-electron chi connectivity index (χ4n) is 1.72. The number of hydrogen-bond donors (Lipinski definition) is 1. The van der Waals surface area contributed by atoms with Gasteiger partial charge < -0.3 is 5.32 Å². The molecule has 0 radical (unpaired) electrons. The summed E-state index contributed by atoms with van der Waals surface area (Å²) < 4.78 is 1.02. The van der Waals surface area contributed by atoms with E-state index >= 15 is 0 Å². The number of aryl methyl sites for hydroxylation is 1. The number of nitro benzene ring substituents is 1. The fraction of sp³-hybridized carbons (Fsp3) is 0.143. The van der Waals surface area contributed by atoms with Crippen LogP contribution < -0.4 is 5.32 Å². The van der Waals surface area contributed by atoms with Gasteiger partial charge in [0.15, 0.2) is 0 Å². The number of halogens is 1. The molecule has 0 saturated carbocycles. The topological polar surface area (TPSA) is 55.2 Å². The number of nitro groups is 1. The quantitative estimate of drug-likeness (QED) is 0.675. The average molecular weight is 321 g/mol. The van der Waals surface area contributed by atoms with E-state index in [1.54, 1.807) is 12.1 Å². The lowest BCUT2D eigenvalue weighted by Crippen LogP contribution is -2.01. The van der Waals surface area contributed by atoms with Crippen LogP contribution in [0.5, 0.6) is 0 Å². The summed E-state index contributed by atoms with van der Waals surface area (Å²) >= 11 is 3.43. The van der Waals surface area contributed by atoms with Gasteiger partial charge >= 0.3 is 0 Å². The minimum Gasteiger partial charge on any atom is -0.381 e. The van der Waals surface area contributed by atoms with Crippen molar-refractivity contribution in [3.05, 3.63) is 68.2 Å². The molecule has 0 aliphatic rings. The zero-order valence-electron chi connectivity index (χ0n) is 10.4. The lowest BCUT2D eigenvalue weighted by molar-refractivity contribution is -0.384. The molecule has 2 aromatic carbocycles. The summed E-state index contributed by atoms with van der Waals surface area (Å²) in [5.74, 6) is 0. The molecule has 0 bridgehead atoms. The van der Waals surface area contributed by atoms with Crippen LogP contribution >= 0.6 is 15.9 Å². The van der Waals surface area contributed by atoms with Crippen molar-refractivity contribution in [3.63, 3.8) is 0 Å². The second-order valence-electron chi connectivity index (χ2n) is 4.24. The van der Waals surface area contributed by atoms with Gasteiger partial charge in [-0.2, -0.15) is 0 Å².